The molecule has 0 spiro atoms. The minimum absolute atomic E-state index is 0.0783. The monoisotopic (exact) mass is 620 g/mol. The number of cyclic esters (lactones) is 2. The molecule has 6 heterocycles. The summed E-state index contributed by atoms with van der Waals surface area (Å²) >= 11 is 0. The number of aromatic nitrogens is 4. The van der Waals surface area contributed by atoms with Crippen molar-refractivity contribution in [2.75, 3.05) is 6.61 Å². The minimum atomic E-state index is -0.823. The Bertz CT molecular complexity index is 2120. The number of nitrogens with one attached hydrogen (secondary N) is 2. The van der Waals surface area contributed by atoms with E-state index in [-0.39, 0.29) is 35.7 Å². The third kappa shape index (κ3) is 4.98. The first kappa shape index (κ1) is 30.9. The molecular formula is C36H36N4O6. The largest absolute Gasteiger partial charge is 0.466 e. The van der Waals surface area contributed by atoms with E-state index in [1.54, 1.807) is 6.92 Å². The highest BCUT2D eigenvalue weighted by atomic mass is 16.6. The van der Waals surface area contributed by atoms with Crippen LogP contribution in [0.25, 0.3) is 44.4 Å². The topological polar surface area (TPSA) is 144 Å². The first-order valence-electron chi connectivity index (χ1n) is 15.6. The van der Waals surface area contributed by atoms with Gasteiger partial charge in [0.25, 0.3) is 0 Å². The molecule has 0 aliphatic carbocycles. The number of carbonyl (C=O) groups is 4. The number of allylic oxidation sites excluding steroid dienone is 4. The molecule has 0 radical (unpaired) electrons. The molecule has 0 saturated heterocycles. The second-order valence-electron chi connectivity index (χ2n) is 11.9. The quantitative estimate of drug-likeness (QED) is 0.157. The van der Waals surface area contributed by atoms with E-state index in [2.05, 4.69) is 16.9 Å². The summed E-state index contributed by atoms with van der Waals surface area (Å²) in [5.41, 5.74) is 10.3. The highest BCUT2D eigenvalue weighted by Crippen LogP contribution is 2.40. The van der Waals surface area contributed by atoms with Crippen molar-refractivity contribution in [3.63, 3.8) is 0 Å². The fourth-order valence-corrected chi connectivity index (χ4v) is 6.56. The fourth-order valence-electron chi connectivity index (χ4n) is 6.56. The summed E-state index contributed by atoms with van der Waals surface area (Å²) < 4.78 is 10.6. The van der Waals surface area contributed by atoms with Gasteiger partial charge < -0.3 is 19.4 Å². The number of nitrogens with zero attached hydrogens (tertiary/aromatic N) is 2. The first-order chi connectivity index (χ1) is 21.9. The molecule has 3 aromatic rings. The number of hydrogen-bond acceptors (Lipinski definition) is 8. The number of rotatable bonds is 7. The van der Waals surface area contributed by atoms with Gasteiger partial charge >= 0.3 is 17.9 Å². The van der Waals surface area contributed by atoms with Crippen LogP contribution in [0.5, 0.6) is 0 Å². The minimum Gasteiger partial charge on any atom is -0.466 e. The van der Waals surface area contributed by atoms with Crippen molar-refractivity contribution in [1.29, 1.82) is 0 Å². The van der Waals surface area contributed by atoms with Crippen LogP contribution in [0.3, 0.4) is 0 Å². The van der Waals surface area contributed by atoms with Gasteiger partial charge in [-0.15, -0.1) is 0 Å². The molecule has 6 rings (SSSR count). The van der Waals surface area contributed by atoms with Gasteiger partial charge in [-0.25, -0.2) is 19.6 Å². The van der Waals surface area contributed by atoms with Crippen molar-refractivity contribution >= 4 is 68.1 Å². The maximum Gasteiger partial charge on any atom is 0.350 e. The van der Waals surface area contributed by atoms with Crippen LogP contribution in [0.1, 0.15) is 125 Å². The Balaban J connectivity index is 1.76. The van der Waals surface area contributed by atoms with Crippen molar-refractivity contribution in [2.45, 2.75) is 74.1 Å². The summed E-state index contributed by atoms with van der Waals surface area (Å²) in [6, 6.07) is 5.62. The number of ketones is 1. The molecule has 3 aromatic heterocycles. The number of Topliss-reactive ketones (excluding diaryl/α,β-unsaturated/α-hetero) is 1. The lowest BCUT2D eigenvalue weighted by molar-refractivity contribution is -0.143. The average Bonchev–Trinajstić information content (AvgIpc) is 3.68. The second-order valence-corrected chi connectivity index (χ2v) is 11.9. The van der Waals surface area contributed by atoms with Crippen LogP contribution in [0, 0.1) is 13.8 Å². The van der Waals surface area contributed by atoms with E-state index in [1.807, 2.05) is 45.9 Å². The normalized spacial score (nSPS) is 14.2. The Labute approximate surface area is 266 Å². The molecule has 10 nitrogen and oxygen atoms in total. The Kier molecular flexibility index (Phi) is 7.83. The molecule has 3 aliphatic rings. The number of fused-ring (bicyclic) bond motifs is 8. The molecule has 0 saturated carbocycles. The number of aromatic amines is 2. The zero-order valence-corrected chi connectivity index (χ0v) is 27.1. The molecule has 46 heavy (non-hydrogen) atoms. The predicted octanol–water partition coefficient (Wildman–Crippen LogP) is 7.45. The van der Waals surface area contributed by atoms with Gasteiger partial charge in [-0.05, 0) is 105 Å². The molecule has 236 valence electrons. The Morgan fingerprint density at radius 2 is 1.43 bits per heavy atom. The average molecular weight is 621 g/mol. The molecule has 0 unspecified atom stereocenters. The van der Waals surface area contributed by atoms with Crippen molar-refractivity contribution in [3.05, 3.63) is 68.8 Å². The number of ether oxygens (including phenoxy) is 2. The summed E-state index contributed by atoms with van der Waals surface area (Å²) in [5.74, 6) is -2.00. The zero-order chi connectivity index (χ0) is 33.0. The van der Waals surface area contributed by atoms with Crippen LogP contribution in [0.2, 0.25) is 0 Å². The number of carbonyl (C=O) groups excluding carboxylic acids is 4. The molecule has 2 N–H and O–H groups in total. The van der Waals surface area contributed by atoms with E-state index in [1.165, 1.54) is 6.92 Å². The number of hydrogen-bond donors (Lipinski definition) is 2. The van der Waals surface area contributed by atoms with Crippen LogP contribution in [-0.4, -0.2) is 50.2 Å². The van der Waals surface area contributed by atoms with Gasteiger partial charge in [0.05, 0.1) is 46.0 Å². The second kappa shape index (κ2) is 11.7. The molecule has 10 heteroatoms. The molecular weight excluding hydrogens is 584 g/mol. The van der Waals surface area contributed by atoms with Gasteiger partial charge in [-0.3, -0.25) is 9.59 Å². The molecule has 0 fully saturated rings. The molecule has 3 aliphatic heterocycles. The lowest BCUT2D eigenvalue weighted by atomic mass is 9.96. The molecule has 8 bridgehead atoms. The van der Waals surface area contributed by atoms with E-state index in [4.69, 9.17) is 19.4 Å². The smallest absolute Gasteiger partial charge is 0.350 e. The first-order valence-corrected chi connectivity index (χ1v) is 15.6. The number of aryl methyl sites for hydroxylation is 2. The molecule has 0 amide bonds. The summed E-state index contributed by atoms with van der Waals surface area (Å²) in [4.78, 5) is 68.8. The van der Waals surface area contributed by atoms with Crippen LogP contribution < -0.4 is 0 Å². The number of H-pyrrole nitrogens is 2. The molecule has 0 aromatic carbocycles. The summed E-state index contributed by atoms with van der Waals surface area (Å²) in [5, 5.41) is 0. The summed E-state index contributed by atoms with van der Waals surface area (Å²) in [7, 11) is 0. The van der Waals surface area contributed by atoms with Crippen LogP contribution in [-0.2, 0) is 14.3 Å². The third-order valence-electron chi connectivity index (χ3n) is 9.02. The van der Waals surface area contributed by atoms with E-state index in [0.29, 0.717) is 69.6 Å². The van der Waals surface area contributed by atoms with Gasteiger partial charge in [-0.1, -0.05) is 13.8 Å². The SMILES string of the molecule is CCCOC(=O)CCC1=C(C)c2cc3[nH]c(cc4nc(cc5[nH]c6c(c1n2)C(=O)OC(=O)c6c5C)C(CC)=C4C)c(C(C)=O)c3C. The summed E-state index contributed by atoms with van der Waals surface area (Å²) in [6.45, 7) is 13.4. The predicted molar refractivity (Wildman–Crippen MR) is 176 cm³/mol. The fraction of sp³-hybridized carbons (Fsp3) is 0.333. The van der Waals surface area contributed by atoms with Gasteiger partial charge in [0, 0.05) is 23.0 Å². The zero-order valence-electron chi connectivity index (χ0n) is 27.1. The van der Waals surface area contributed by atoms with Crippen molar-refractivity contribution in [2.24, 2.45) is 0 Å². The van der Waals surface area contributed by atoms with E-state index in [9.17, 15) is 19.2 Å². The van der Waals surface area contributed by atoms with Crippen LogP contribution in [0.15, 0.2) is 18.2 Å². The van der Waals surface area contributed by atoms with E-state index >= 15 is 0 Å². The summed E-state index contributed by atoms with van der Waals surface area (Å²) in [6.07, 6.45) is 1.75. The van der Waals surface area contributed by atoms with Gasteiger partial charge in [0.1, 0.15) is 5.56 Å². The Morgan fingerprint density at radius 1 is 0.804 bits per heavy atom. The Hall–Kier alpha value is -5.12. The highest BCUT2D eigenvalue weighted by Gasteiger charge is 2.35. The van der Waals surface area contributed by atoms with Crippen molar-refractivity contribution < 1.29 is 28.7 Å². The third-order valence-corrected chi connectivity index (χ3v) is 9.02. The standard InChI is InChI=1S/C36H36N4O6/c1-8-12-45-29(42)11-10-22-17(4)24-13-25-18(5)30(20(7)41)28(38-25)15-23-16(3)21(9-2)27(37-23)14-26-19(6)31-34(40-26)32(33(22)39-24)36(44)46-35(31)43/h13-15,38,40H,8-12H2,1-7H3. The van der Waals surface area contributed by atoms with E-state index in [0.717, 1.165) is 33.7 Å². The van der Waals surface area contributed by atoms with Gasteiger partial charge in [0.2, 0.25) is 0 Å². The number of esters is 3. The maximum atomic E-state index is 13.5. The lowest BCUT2D eigenvalue weighted by Crippen LogP contribution is -2.20. The maximum absolute atomic E-state index is 13.5. The van der Waals surface area contributed by atoms with Gasteiger partial charge in [0.15, 0.2) is 5.78 Å². The Morgan fingerprint density at radius 3 is 2.13 bits per heavy atom. The van der Waals surface area contributed by atoms with Crippen molar-refractivity contribution in [1.82, 2.24) is 19.9 Å². The van der Waals surface area contributed by atoms with Crippen LogP contribution >= 0.6 is 0 Å². The van der Waals surface area contributed by atoms with Crippen molar-refractivity contribution in [3.8, 4) is 0 Å². The van der Waals surface area contributed by atoms with Gasteiger partial charge in [-0.2, -0.15) is 0 Å². The molecule has 0 atom stereocenters. The highest BCUT2D eigenvalue weighted by molar-refractivity contribution is 6.19. The van der Waals surface area contributed by atoms with Crippen LogP contribution in [0.4, 0.5) is 0 Å². The van der Waals surface area contributed by atoms with E-state index < -0.39 is 11.9 Å². The lowest BCUT2D eigenvalue weighted by Gasteiger charge is -2.13.